The van der Waals surface area contributed by atoms with E-state index >= 15 is 0 Å². The van der Waals surface area contributed by atoms with Crippen LogP contribution in [0, 0.1) is 0 Å². The third-order valence-corrected chi connectivity index (χ3v) is 3.28. The third kappa shape index (κ3) is 2.33. The van der Waals surface area contributed by atoms with Crippen molar-refractivity contribution >= 4 is 23.0 Å². The second-order valence-corrected chi connectivity index (χ2v) is 4.12. The average Bonchev–Trinajstić information content (AvgIpc) is 2.13. The molecule has 0 aromatic heterocycles. The molecule has 0 aromatic carbocycles. The molecule has 1 rings (SSSR count). The Morgan fingerprint density at radius 1 is 1.62 bits per heavy atom. The summed E-state index contributed by atoms with van der Waals surface area (Å²) in [4.78, 5) is 0. The fourth-order valence-electron chi connectivity index (χ4n) is 1.61. The van der Waals surface area contributed by atoms with Crippen LogP contribution in [-0.2, 0) is 12.5 Å². The highest BCUT2D eigenvalue weighted by atomic mass is 127. The molecule has 2 N–H and O–H groups in total. The van der Waals surface area contributed by atoms with Crippen molar-refractivity contribution in [2.45, 2.75) is 44.3 Å². The van der Waals surface area contributed by atoms with Gasteiger partial charge < -0.3 is 15.2 Å². The van der Waals surface area contributed by atoms with Gasteiger partial charge in [-0.1, -0.05) is 0 Å². The summed E-state index contributed by atoms with van der Waals surface area (Å²) in [5.41, 5.74) is 5.62. The summed E-state index contributed by atoms with van der Waals surface area (Å²) in [5.74, 6) is 0. The smallest absolute Gasteiger partial charge is 0.172 e. The summed E-state index contributed by atoms with van der Waals surface area (Å²) >= 11 is 1.84. The molecule has 0 aromatic rings. The minimum absolute atomic E-state index is 0.0431. The Kier molecular flexibility index (Phi) is 3.94. The van der Waals surface area contributed by atoms with Crippen LogP contribution in [0.3, 0.4) is 0 Å². The molecule has 4 atom stereocenters. The zero-order valence-electron chi connectivity index (χ0n) is 8.12. The van der Waals surface area contributed by atoms with E-state index in [1.54, 1.807) is 7.11 Å². The quantitative estimate of drug-likeness (QED) is 0.779. The summed E-state index contributed by atoms with van der Waals surface area (Å²) in [6, 6.07) is -0.111. The second-order valence-electron chi connectivity index (χ2n) is 3.61. The van der Waals surface area contributed by atoms with Crippen molar-refractivity contribution in [3.05, 3.63) is 0 Å². The van der Waals surface area contributed by atoms with Crippen LogP contribution in [0.15, 0.2) is 0 Å². The molecular weight excluding hydrogens is 285 g/mol. The zero-order chi connectivity index (χ0) is 10.1. The molecule has 1 aliphatic heterocycles. The van der Waals surface area contributed by atoms with Crippen molar-refractivity contribution in [1.82, 2.24) is 0 Å². The number of halogens is 1. The van der Waals surface area contributed by atoms with E-state index in [1.807, 2.05) is 36.9 Å². The highest BCUT2D eigenvalue weighted by Crippen LogP contribution is 2.31. The monoisotopic (exact) mass is 301 g/mol. The van der Waals surface area contributed by atoms with Crippen molar-refractivity contribution in [3.63, 3.8) is 0 Å². The topological polar surface area (TPSA) is 53.7 Å². The molecule has 1 saturated heterocycles. The zero-order valence-corrected chi connectivity index (χ0v) is 10.3. The van der Waals surface area contributed by atoms with Gasteiger partial charge in [0.15, 0.2) is 6.29 Å². The highest BCUT2D eigenvalue weighted by Gasteiger charge is 2.43. The van der Waals surface area contributed by atoms with Crippen LogP contribution in [0.5, 0.6) is 0 Å². The summed E-state index contributed by atoms with van der Waals surface area (Å²) < 4.78 is 16.0. The van der Waals surface area contributed by atoms with Gasteiger partial charge in [0.2, 0.25) is 0 Å². The first-order chi connectivity index (χ1) is 6.03. The Balaban J connectivity index is 2.71. The van der Waals surface area contributed by atoms with E-state index in [2.05, 4.69) is 0 Å². The Labute approximate surface area is 92.8 Å². The van der Waals surface area contributed by atoms with Crippen LogP contribution in [0.4, 0.5) is 0 Å². The molecule has 0 saturated carbocycles. The Hall–Kier alpha value is 0.570. The van der Waals surface area contributed by atoms with Gasteiger partial charge in [0.05, 0.1) is 17.7 Å². The molecule has 78 valence electrons. The molecule has 5 heteroatoms. The average molecular weight is 301 g/mol. The van der Waals surface area contributed by atoms with Crippen LogP contribution in [0.2, 0.25) is 0 Å². The van der Waals surface area contributed by atoms with Gasteiger partial charge in [-0.3, -0.25) is 3.07 Å². The number of nitrogens with two attached hydrogens (primary N) is 1. The minimum Gasteiger partial charge on any atom is -0.377 e. The predicted molar refractivity (Wildman–Crippen MR) is 57.4 cm³/mol. The maximum atomic E-state index is 5.98. The molecule has 1 fully saturated rings. The van der Waals surface area contributed by atoms with E-state index in [-0.39, 0.29) is 24.0 Å². The molecule has 4 nitrogen and oxygen atoms in total. The summed E-state index contributed by atoms with van der Waals surface area (Å²) in [6.45, 7) is 3.92. The van der Waals surface area contributed by atoms with E-state index in [0.29, 0.717) is 6.42 Å². The minimum atomic E-state index is -0.354. The lowest BCUT2D eigenvalue weighted by molar-refractivity contribution is -0.203. The molecule has 0 spiro atoms. The number of hydrogen-bond acceptors (Lipinski definition) is 4. The standard InChI is InChI=1S/C8H16INO3/c1-5-7(10)8(2,11-3)4-6(12-5)13-9/h5-7H,4,10H2,1-3H3/t5-,6-,7-,8+/m0/s1. The molecule has 1 heterocycles. The first kappa shape index (κ1) is 11.6. The van der Waals surface area contributed by atoms with Crippen molar-refractivity contribution in [2.75, 3.05) is 7.11 Å². The first-order valence-electron chi connectivity index (χ1n) is 4.27. The molecule has 1 aliphatic rings. The lowest BCUT2D eigenvalue weighted by Crippen LogP contribution is -2.60. The lowest BCUT2D eigenvalue weighted by Gasteiger charge is -2.44. The molecular formula is C8H16INO3. The molecule has 0 unspecified atom stereocenters. The summed E-state index contributed by atoms with van der Waals surface area (Å²) in [7, 11) is 1.67. The van der Waals surface area contributed by atoms with Gasteiger partial charge in [-0.15, -0.1) is 0 Å². The van der Waals surface area contributed by atoms with Crippen LogP contribution >= 0.6 is 23.0 Å². The Morgan fingerprint density at radius 2 is 2.23 bits per heavy atom. The van der Waals surface area contributed by atoms with Gasteiger partial charge in [-0.25, -0.2) is 0 Å². The maximum Gasteiger partial charge on any atom is 0.172 e. The van der Waals surface area contributed by atoms with Gasteiger partial charge in [0.1, 0.15) is 23.0 Å². The number of methoxy groups -OCH3 is 1. The van der Waals surface area contributed by atoms with Crippen molar-refractivity contribution in [2.24, 2.45) is 5.73 Å². The van der Waals surface area contributed by atoms with Crippen molar-refractivity contribution in [3.8, 4) is 0 Å². The molecule has 0 bridgehead atoms. The van der Waals surface area contributed by atoms with Crippen molar-refractivity contribution in [1.29, 1.82) is 0 Å². The highest BCUT2D eigenvalue weighted by molar-refractivity contribution is 14.1. The third-order valence-electron chi connectivity index (χ3n) is 2.71. The van der Waals surface area contributed by atoms with Crippen LogP contribution in [0.25, 0.3) is 0 Å². The SMILES string of the molecule is CO[C@]1(C)C[C@H](OI)O[C@@H](C)[C@@H]1N. The van der Waals surface area contributed by atoms with E-state index in [0.717, 1.165) is 0 Å². The second kappa shape index (κ2) is 4.39. The summed E-state index contributed by atoms with van der Waals surface area (Å²) in [5, 5.41) is 0. The van der Waals surface area contributed by atoms with Gasteiger partial charge in [-0.2, -0.15) is 0 Å². The van der Waals surface area contributed by atoms with Gasteiger partial charge in [0, 0.05) is 13.5 Å². The molecule has 0 radical (unpaired) electrons. The molecule has 13 heavy (non-hydrogen) atoms. The van der Waals surface area contributed by atoms with Crippen LogP contribution in [0.1, 0.15) is 20.3 Å². The molecule has 0 aliphatic carbocycles. The summed E-state index contributed by atoms with van der Waals surface area (Å²) in [6.07, 6.45) is 0.400. The van der Waals surface area contributed by atoms with Crippen LogP contribution in [-0.4, -0.2) is 31.1 Å². The van der Waals surface area contributed by atoms with Crippen LogP contribution < -0.4 is 5.73 Å². The van der Waals surface area contributed by atoms with Gasteiger partial charge in [0.25, 0.3) is 0 Å². The van der Waals surface area contributed by atoms with Gasteiger partial charge >= 0.3 is 0 Å². The van der Waals surface area contributed by atoms with E-state index in [1.165, 1.54) is 0 Å². The fourth-order valence-corrected chi connectivity index (χ4v) is 1.91. The normalized spacial score (nSPS) is 46.4. The molecule has 0 amide bonds. The largest absolute Gasteiger partial charge is 0.377 e. The number of ether oxygens (including phenoxy) is 2. The fraction of sp³-hybridized carbons (Fsp3) is 1.00. The maximum absolute atomic E-state index is 5.98. The first-order valence-corrected chi connectivity index (χ1v) is 5.15. The van der Waals surface area contributed by atoms with E-state index in [4.69, 9.17) is 18.3 Å². The van der Waals surface area contributed by atoms with E-state index in [9.17, 15) is 0 Å². The van der Waals surface area contributed by atoms with E-state index < -0.39 is 0 Å². The Bertz CT molecular complexity index is 181. The predicted octanol–water partition coefficient (Wildman–Crippen LogP) is 1.22. The Morgan fingerprint density at radius 3 is 2.69 bits per heavy atom. The lowest BCUT2D eigenvalue weighted by atomic mass is 9.87. The van der Waals surface area contributed by atoms with Crippen molar-refractivity contribution < 1.29 is 12.5 Å². The number of rotatable bonds is 2. The van der Waals surface area contributed by atoms with Gasteiger partial charge in [-0.05, 0) is 13.8 Å². The number of hydrogen-bond donors (Lipinski definition) is 1.